The van der Waals surface area contributed by atoms with Gasteiger partial charge in [-0.3, -0.25) is 4.57 Å². The van der Waals surface area contributed by atoms with E-state index >= 15 is 0 Å². The van der Waals surface area contributed by atoms with Crippen LogP contribution in [-0.2, 0) is 0 Å². The second-order valence-electron chi connectivity index (χ2n) is 8.73. The number of ether oxygens (including phenoxy) is 1. The van der Waals surface area contributed by atoms with Crippen LogP contribution in [0.15, 0.2) is 54.9 Å². The summed E-state index contributed by atoms with van der Waals surface area (Å²) in [5, 5.41) is 8.29. The van der Waals surface area contributed by atoms with Gasteiger partial charge in [-0.2, -0.15) is 0 Å². The first kappa shape index (κ1) is 18.6. The maximum Gasteiger partial charge on any atom is 0.139 e. The molecule has 31 heavy (non-hydrogen) atoms. The van der Waals surface area contributed by atoms with Crippen molar-refractivity contribution in [3.8, 4) is 11.6 Å². The summed E-state index contributed by atoms with van der Waals surface area (Å²) in [4.78, 5) is 9.65. The Balaban J connectivity index is 1.33. The third-order valence-corrected chi connectivity index (χ3v) is 6.35. The zero-order valence-electron chi connectivity index (χ0n) is 17.6. The molecule has 0 atom stereocenters. The molecular weight excluding hydrogens is 386 g/mol. The van der Waals surface area contributed by atoms with Crippen molar-refractivity contribution in [3.05, 3.63) is 54.9 Å². The Morgan fingerprint density at radius 1 is 1.03 bits per heavy atom. The minimum absolute atomic E-state index is 0.487. The number of benzene rings is 2. The van der Waals surface area contributed by atoms with Crippen molar-refractivity contribution in [1.29, 1.82) is 0 Å². The number of hydrogen-bond donors (Lipinski definition) is 2. The highest BCUT2D eigenvalue weighted by Gasteiger charge is 2.22. The van der Waals surface area contributed by atoms with Gasteiger partial charge in [0, 0.05) is 17.5 Å². The van der Waals surface area contributed by atoms with Crippen LogP contribution in [0.1, 0.15) is 25.7 Å². The van der Waals surface area contributed by atoms with Crippen molar-refractivity contribution >= 4 is 27.6 Å². The fourth-order valence-electron chi connectivity index (χ4n) is 4.34. The fourth-order valence-corrected chi connectivity index (χ4v) is 4.34. The van der Waals surface area contributed by atoms with Gasteiger partial charge in [0.25, 0.3) is 0 Å². The molecule has 1 saturated carbocycles. The molecule has 1 aliphatic carbocycles. The Hall–Kier alpha value is -3.12. The summed E-state index contributed by atoms with van der Waals surface area (Å²) in [6.07, 6.45) is 6.70. The Bertz CT molecular complexity index is 1220. The fraction of sp³-hybridized carbons (Fsp3) is 0.360. The number of pyridine rings is 1. The van der Waals surface area contributed by atoms with Crippen molar-refractivity contribution in [2.75, 3.05) is 25.0 Å². The Morgan fingerprint density at radius 2 is 1.94 bits per heavy atom. The molecule has 158 valence electrons. The normalized spacial score (nSPS) is 17.3. The first-order valence-electron chi connectivity index (χ1n) is 11.3. The largest absolute Gasteiger partial charge is 0.493 e. The SMILES string of the molecule is c1cc(NC2CCNCC2)c2nc(-n3cnc4cc(OCC5CC5)ccc43)ccc2c1. The lowest BCUT2D eigenvalue weighted by Crippen LogP contribution is -2.35. The zero-order valence-corrected chi connectivity index (χ0v) is 17.6. The van der Waals surface area contributed by atoms with E-state index in [9.17, 15) is 0 Å². The highest BCUT2D eigenvalue weighted by atomic mass is 16.5. The lowest BCUT2D eigenvalue weighted by atomic mass is 10.1. The smallest absolute Gasteiger partial charge is 0.139 e. The molecule has 2 aliphatic rings. The van der Waals surface area contributed by atoms with Crippen molar-refractivity contribution in [2.45, 2.75) is 31.7 Å². The molecule has 0 spiro atoms. The van der Waals surface area contributed by atoms with Gasteiger partial charge in [-0.05, 0) is 75.0 Å². The molecule has 2 aromatic heterocycles. The highest BCUT2D eigenvalue weighted by molar-refractivity contribution is 5.91. The van der Waals surface area contributed by atoms with E-state index in [1.165, 1.54) is 12.8 Å². The van der Waals surface area contributed by atoms with Crippen molar-refractivity contribution in [3.63, 3.8) is 0 Å². The number of para-hydroxylation sites is 1. The number of nitrogens with zero attached hydrogens (tertiary/aromatic N) is 3. The topological polar surface area (TPSA) is 64.0 Å². The van der Waals surface area contributed by atoms with E-state index < -0.39 is 0 Å². The maximum absolute atomic E-state index is 5.92. The molecule has 6 rings (SSSR count). The molecule has 1 aliphatic heterocycles. The maximum atomic E-state index is 5.92. The number of imidazole rings is 1. The number of nitrogens with one attached hydrogen (secondary N) is 2. The average molecular weight is 414 g/mol. The van der Waals surface area contributed by atoms with E-state index in [2.05, 4.69) is 56.6 Å². The molecule has 3 heterocycles. The van der Waals surface area contributed by atoms with Crippen molar-refractivity contribution in [2.24, 2.45) is 5.92 Å². The van der Waals surface area contributed by atoms with Crippen LogP contribution in [0, 0.1) is 5.92 Å². The summed E-state index contributed by atoms with van der Waals surface area (Å²) in [5.74, 6) is 2.51. The van der Waals surface area contributed by atoms with E-state index in [0.29, 0.717) is 6.04 Å². The Morgan fingerprint density at radius 3 is 2.81 bits per heavy atom. The summed E-state index contributed by atoms with van der Waals surface area (Å²) in [6, 6.07) is 17.2. The number of piperidine rings is 1. The number of fused-ring (bicyclic) bond motifs is 2. The number of hydrogen-bond acceptors (Lipinski definition) is 5. The van der Waals surface area contributed by atoms with Crippen molar-refractivity contribution in [1.82, 2.24) is 19.9 Å². The minimum atomic E-state index is 0.487. The summed E-state index contributed by atoms with van der Waals surface area (Å²) >= 11 is 0. The van der Waals surface area contributed by atoms with Crippen LogP contribution >= 0.6 is 0 Å². The second kappa shape index (κ2) is 7.85. The Labute approximate surface area is 181 Å². The van der Waals surface area contributed by atoms with Gasteiger partial charge in [0.2, 0.25) is 0 Å². The van der Waals surface area contributed by atoms with Gasteiger partial charge in [0.1, 0.15) is 17.9 Å². The standard InChI is InChI=1S/C25H27N5O/c1-2-18-6-9-24(29-25(18)21(3-1)28-19-10-12-26-13-11-19)30-16-27-22-14-20(7-8-23(22)30)31-15-17-4-5-17/h1-3,6-9,14,16-17,19,26,28H,4-5,10-13,15H2. The minimum Gasteiger partial charge on any atom is -0.493 e. The predicted molar refractivity (Wildman–Crippen MR) is 124 cm³/mol. The first-order chi connectivity index (χ1) is 15.3. The molecule has 2 fully saturated rings. The molecule has 6 nitrogen and oxygen atoms in total. The lowest BCUT2D eigenvalue weighted by molar-refractivity contribution is 0.300. The molecular formula is C25H27N5O. The van der Waals surface area contributed by atoms with Gasteiger partial charge >= 0.3 is 0 Å². The van der Waals surface area contributed by atoms with Crippen LogP contribution < -0.4 is 15.4 Å². The number of anilines is 1. The van der Waals surface area contributed by atoms with Crippen LogP contribution in [0.2, 0.25) is 0 Å². The Kier molecular flexibility index (Phi) is 4.72. The number of aromatic nitrogens is 3. The predicted octanol–water partition coefficient (Wildman–Crippen LogP) is 4.53. The lowest BCUT2D eigenvalue weighted by Gasteiger charge is -2.25. The summed E-state index contributed by atoms with van der Waals surface area (Å²) in [7, 11) is 0. The quantitative estimate of drug-likeness (QED) is 0.486. The van der Waals surface area contributed by atoms with Gasteiger partial charge in [0.05, 0.1) is 28.8 Å². The van der Waals surface area contributed by atoms with Crippen LogP contribution in [0.25, 0.3) is 27.8 Å². The second-order valence-corrected chi connectivity index (χ2v) is 8.73. The molecule has 0 bridgehead atoms. The summed E-state index contributed by atoms with van der Waals surface area (Å²) in [5.41, 5.74) is 4.07. The van der Waals surface area contributed by atoms with E-state index in [1.54, 1.807) is 0 Å². The molecule has 2 aromatic carbocycles. The van der Waals surface area contributed by atoms with Crippen LogP contribution in [-0.4, -0.2) is 40.3 Å². The van der Waals surface area contributed by atoms with E-state index in [4.69, 9.17) is 9.72 Å². The van der Waals surface area contributed by atoms with Crippen LogP contribution in [0.3, 0.4) is 0 Å². The average Bonchev–Trinajstić information content (AvgIpc) is 3.55. The highest BCUT2D eigenvalue weighted by Crippen LogP contribution is 2.31. The molecule has 1 saturated heterocycles. The molecule has 0 radical (unpaired) electrons. The van der Waals surface area contributed by atoms with Gasteiger partial charge in [-0.1, -0.05) is 12.1 Å². The number of rotatable bonds is 6. The summed E-state index contributed by atoms with van der Waals surface area (Å²) < 4.78 is 7.98. The van der Waals surface area contributed by atoms with Gasteiger partial charge < -0.3 is 15.4 Å². The third-order valence-electron chi connectivity index (χ3n) is 6.35. The molecule has 6 heteroatoms. The van der Waals surface area contributed by atoms with E-state index in [0.717, 1.165) is 77.6 Å². The van der Waals surface area contributed by atoms with E-state index in [-0.39, 0.29) is 0 Å². The zero-order chi connectivity index (χ0) is 20.6. The van der Waals surface area contributed by atoms with Crippen molar-refractivity contribution < 1.29 is 4.74 Å². The molecule has 0 amide bonds. The monoisotopic (exact) mass is 413 g/mol. The van der Waals surface area contributed by atoms with Gasteiger partial charge in [-0.15, -0.1) is 0 Å². The molecule has 4 aromatic rings. The third kappa shape index (κ3) is 3.83. The molecule has 2 N–H and O–H groups in total. The van der Waals surface area contributed by atoms with Crippen LogP contribution in [0.5, 0.6) is 5.75 Å². The van der Waals surface area contributed by atoms with Crippen LogP contribution in [0.4, 0.5) is 5.69 Å². The first-order valence-corrected chi connectivity index (χ1v) is 11.3. The molecule has 0 unspecified atom stereocenters. The van der Waals surface area contributed by atoms with Gasteiger partial charge in [0.15, 0.2) is 0 Å². The summed E-state index contributed by atoms with van der Waals surface area (Å²) in [6.45, 7) is 2.94. The van der Waals surface area contributed by atoms with E-state index in [1.807, 2.05) is 18.5 Å². The van der Waals surface area contributed by atoms with Gasteiger partial charge in [-0.25, -0.2) is 9.97 Å².